The van der Waals surface area contributed by atoms with Gasteiger partial charge in [-0.15, -0.1) is 0 Å². The standard InChI is InChI=1S/C21H29N5O2/c1-28-19-8-6-17(7-9-19)25-14-12-24(13-15-25)16-21(27)23-20-10-11-22-26(20)18-4-2-3-5-18/h6-11,18H,2-5,12-16H2,1H3,(H,23,27)/p+1. The molecule has 7 nitrogen and oxygen atoms in total. The van der Waals surface area contributed by atoms with Crippen LogP contribution in [0.1, 0.15) is 31.7 Å². The number of hydrogen-bond acceptors (Lipinski definition) is 4. The van der Waals surface area contributed by atoms with E-state index in [0.717, 1.165) is 50.6 Å². The highest BCUT2D eigenvalue weighted by Crippen LogP contribution is 2.31. The molecule has 0 radical (unpaired) electrons. The molecule has 28 heavy (non-hydrogen) atoms. The predicted octanol–water partition coefficient (Wildman–Crippen LogP) is 1.35. The van der Waals surface area contributed by atoms with Crippen LogP contribution in [0, 0.1) is 0 Å². The maximum absolute atomic E-state index is 12.6. The van der Waals surface area contributed by atoms with Gasteiger partial charge in [-0.3, -0.25) is 4.79 Å². The molecule has 2 heterocycles. The molecule has 1 aliphatic carbocycles. The third-order valence-electron chi connectivity index (χ3n) is 5.93. The molecule has 0 atom stereocenters. The van der Waals surface area contributed by atoms with Crippen LogP contribution < -0.4 is 19.9 Å². The highest BCUT2D eigenvalue weighted by atomic mass is 16.5. The first-order valence-electron chi connectivity index (χ1n) is 10.3. The van der Waals surface area contributed by atoms with E-state index in [1.165, 1.54) is 23.4 Å². The minimum absolute atomic E-state index is 0.0765. The third kappa shape index (κ3) is 4.30. The highest BCUT2D eigenvalue weighted by Gasteiger charge is 2.24. The second-order valence-corrected chi connectivity index (χ2v) is 7.76. The summed E-state index contributed by atoms with van der Waals surface area (Å²) in [5.74, 6) is 1.79. The first-order chi connectivity index (χ1) is 13.7. The Kier molecular flexibility index (Phi) is 5.81. The number of aromatic nitrogens is 2. The molecule has 2 N–H and O–H groups in total. The molecule has 0 unspecified atom stereocenters. The highest BCUT2D eigenvalue weighted by molar-refractivity contribution is 5.90. The van der Waals surface area contributed by atoms with Crippen molar-refractivity contribution in [2.45, 2.75) is 31.7 Å². The molecule has 2 fully saturated rings. The lowest BCUT2D eigenvalue weighted by molar-refractivity contribution is -0.892. The van der Waals surface area contributed by atoms with Crippen molar-refractivity contribution in [3.8, 4) is 5.75 Å². The summed E-state index contributed by atoms with van der Waals surface area (Å²) in [4.78, 5) is 16.3. The minimum atomic E-state index is 0.0765. The molecule has 1 aromatic heterocycles. The predicted molar refractivity (Wildman–Crippen MR) is 109 cm³/mol. The van der Waals surface area contributed by atoms with Gasteiger partial charge in [0.05, 0.1) is 45.5 Å². The summed E-state index contributed by atoms with van der Waals surface area (Å²) in [7, 11) is 1.68. The summed E-state index contributed by atoms with van der Waals surface area (Å²) in [6.45, 7) is 4.33. The molecule has 1 aromatic carbocycles. The van der Waals surface area contributed by atoms with Crippen LogP contribution in [0.2, 0.25) is 0 Å². The zero-order chi connectivity index (χ0) is 19.3. The van der Waals surface area contributed by atoms with E-state index in [0.29, 0.717) is 12.6 Å². The maximum atomic E-state index is 12.6. The third-order valence-corrected chi connectivity index (χ3v) is 5.93. The van der Waals surface area contributed by atoms with Crippen LogP contribution in [-0.4, -0.2) is 55.5 Å². The summed E-state index contributed by atoms with van der Waals surface area (Å²) < 4.78 is 7.23. The van der Waals surface area contributed by atoms with E-state index in [4.69, 9.17) is 4.74 Å². The van der Waals surface area contributed by atoms with E-state index < -0.39 is 0 Å². The van der Waals surface area contributed by atoms with Crippen LogP contribution in [0.5, 0.6) is 5.75 Å². The number of ether oxygens (including phenoxy) is 1. The average Bonchev–Trinajstić information content (AvgIpc) is 3.40. The number of quaternary nitrogens is 1. The molecule has 7 heteroatoms. The van der Waals surface area contributed by atoms with E-state index in [1.54, 1.807) is 13.3 Å². The van der Waals surface area contributed by atoms with Crippen LogP contribution in [0.3, 0.4) is 0 Å². The quantitative estimate of drug-likeness (QED) is 0.789. The molecular formula is C21H30N5O2+. The van der Waals surface area contributed by atoms with Crippen LogP contribution in [0.4, 0.5) is 11.5 Å². The topological polar surface area (TPSA) is 63.8 Å². The van der Waals surface area contributed by atoms with Crippen molar-refractivity contribution in [3.05, 3.63) is 36.5 Å². The minimum Gasteiger partial charge on any atom is -0.497 e. The van der Waals surface area contributed by atoms with Crippen molar-refractivity contribution in [2.75, 3.05) is 50.1 Å². The van der Waals surface area contributed by atoms with E-state index in [9.17, 15) is 4.79 Å². The number of carbonyl (C=O) groups excluding carboxylic acids is 1. The van der Waals surface area contributed by atoms with Gasteiger partial charge < -0.3 is 19.9 Å². The Morgan fingerprint density at radius 1 is 1.18 bits per heavy atom. The molecule has 1 saturated carbocycles. The van der Waals surface area contributed by atoms with E-state index in [1.807, 2.05) is 22.9 Å². The lowest BCUT2D eigenvalue weighted by Gasteiger charge is -2.33. The number of nitrogens with zero attached hydrogens (tertiary/aromatic N) is 3. The van der Waals surface area contributed by atoms with Crippen molar-refractivity contribution >= 4 is 17.4 Å². The van der Waals surface area contributed by atoms with Crippen molar-refractivity contribution in [1.82, 2.24) is 9.78 Å². The van der Waals surface area contributed by atoms with Crippen LogP contribution in [0.15, 0.2) is 36.5 Å². The molecule has 2 aromatic rings. The number of nitrogens with one attached hydrogen (secondary N) is 2. The number of hydrogen-bond donors (Lipinski definition) is 2. The fraction of sp³-hybridized carbons (Fsp3) is 0.524. The Balaban J connectivity index is 1.26. The van der Waals surface area contributed by atoms with Gasteiger partial charge in [-0.2, -0.15) is 5.10 Å². The first-order valence-corrected chi connectivity index (χ1v) is 10.3. The smallest absolute Gasteiger partial charge is 0.280 e. The molecule has 0 bridgehead atoms. The van der Waals surface area contributed by atoms with E-state index in [-0.39, 0.29) is 5.91 Å². The Labute approximate surface area is 166 Å². The lowest BCUT2D eigenvalue weighted by atomic mass is 10.2. The molecule has 1 saturated heterocycles. The summed E-state index contributed by atoms with van der Waals surface area (Å²) >= 11 is 0. The summed E-state index contributed by atoms with van der Waals surface area (Å²) in [6, 6.07) is 10.5. The number of carbonyl (C=O) groups is 1. The molecule has 0 spiro atoms. The molecule has 2 aliphatic rings. The van der Waals surface area contributed by atoms with Gasteiger partial charge in [-0.05, 0) is 37.1 Å². The second kappa shape index (κ2) is 8.65. The normalized spacial score (nSPS) is 18.4. The largest absolute Gasteiger partial charge is 0.497 e. The van der Waals surface area contributed by atoms with Crippen molar-refractivity contribution < 1.29 is 14.4 Å². The van der Waals surface area contributed by atoms with E-state index in [2.05, 4.69) is 27.4 Å². The van der Waals surface area contributed by atoms with Crippen LogP contribution >= 0.6 is 0 Å². The fourth-order valence-electron chi connectivity index (χ4n) is 4.32. The molecule has 4 rings (SSSR count). The number of rotatable bonds is 6. The van der Waals surface area contributed by atoms with Gasteiger partial charge in [0, 0.05) is 11.8 Å². The molecule has 1 aliphatic heterocycles. The summed E-state index contributed by atoms with van der Waals surface area (Å²) in [6.07, 6.45) is 6.60. The number of amides is 1. The van der Waals surface area contributed by atoms with Gasteiger partial charge >= 0.3 is 0 Å². The Hall–Kier alpha value is -2.54. The van der Waals surface area contributed by atoms with Crippen molar-refractivity contribution in [1.29, 1.82) is 0 Å². The number of anilines is 2. The lowest BCUT2D eigenvalue weighted by Crippen LogP contribution is -3.15. The average molecular weight is 385 g/mol. The van der Waals surface area contributed by atoms with Crippen LogP contribution in [0.25, 0.3) is 0 Å². The Bertz CT molecular complexity index is 774. The van der Waals surface area contributed by atoms with Gasteiger partial charge in [0.2, 0.25) is 0 Å². The van der Waals surface area contributed by atoms with Crippen molar-refractivity contribution in [2.24, 2.45) is 0 Å². The Morgan fingerprint density at radius 2 is 1.89 bits per heavy atom. The first kappa shape index (κ1) is 18.8. The zero-order valence-electron chi connectivity index (χ0n) is 16.6. The monoisotopic (exact) mass is 384 g/mol. The zero-order valence-corrected chi connectivity index (χ0v) is 16.6. The number of methoxy groups -OCH3 is 1. The van der Waals surface area contributed by atoms with Gasteiger partial charge in [-0.1, -0.05) is 12.8 Å². The number of benzene rings is 1. The number of piperazine rings is 1. The van der Waals surface area contributed by atoms with Gasteiger partial charge in [0.25, 0.3) is 5.91 Å². The summed E-state index contributed by atoms with van der Waals surface area (Å²) in [5, 5.41) is 7.52. The summed E-state index contributed by atoms with van der Waals surface area (Å²) in [5.41, 5.74) is 1.21. The van der Waals surface area contributed by atoms with Crippen molar-refractivity contribution in [3.63, 3.8) is 0 Å². The fourth-order valence-corrected chi connectivity index (χ4v) is 4.32. The maximum Gasteiger partial charge on any atom is 0.280 e. The van der Waals surface area contributed by atoms with Gasteiger partial charge in [-0.25, -0.2) is 4.68 Å². The second-order valence-electron chi connectivity index (χ2n) is 7.76. The van der Waals surface area contributed by atoms with Gasteiger partial charge in [0.15, 0.2) is 6.54 Å². The van der Waals surface area contributed by atoms with Gasteiger partial charge in [0.1, 0.15) is 11.6 Å². The van der Waals surface area contributed by atoms with Crippen LogP contribution in [-0.2, 0) is 4.79 Å². The molecule has 1 amide bonds. The Morgan fingerprint density at radius 3 is 2.57 bits per heavy atom. The molecule has 150 valence electrons. The SMILES string of the molecule is COc1ccc(N2CC[NH+](CC(=O)Nc3ccnn3C3CCCC3)CC2)cc1. The molecular weight excluding hydrogens is 354 g/mol. The van der Waals surface area contributed by atoms with E-state index >= 15 is 0 Å².